The summed E-state index contributed by atoms with van der Waals surface area (Å²) in [5.74, 6) is 0.254. The van der Waals surface area contributed by atoms with E-state index in [-0.39, 0.29) is 18.0 Å². The van der Waals surface area contributed by atoms with Crippen LogP contribution >= 0.6 is 23.2 Å². The van der Waals surface area contributed by atoms with Crippen LogP contribution in [-0.4, -0.2) is 9.91 Å². The van der Waals surface area contributed by atoms with Crippen molar-refractivity contribution >= 4 is 28.9 Å². The summed E-state index contributed by atoms with van der Waals surface area (Å²) in [5.41, 5.74) is 0.717. The lowest BCUT2D eigenvalue weighted by atomic mass is 10.3. The Morgan fingerprint density at radius 3 is 2.74 bits per heavy atom. The van der Waals surface area contributed by atoms with Crippen molar-refractivity contribution in [1.82, 2.24) is 4.98 Å². The number of aromatic nitrogens is 1. The molecule has 98 valence electrons. The minimum atomic E-state index is -0.507. The Kier molecular flexibility index (Phi) is 4.19. The third kappa shape index (κ3) is 3.56. The van der Waals surface area contributed by atoms with E-state index < -0.39 is 4.92 Å². The Bertz CT molecular complexity index is 620. The molecule has 2 rings (SSSR count). The van der Waals surface area contributed by atoms with E-state index in [1.165, 1.54) is 18.2 Å². The van der Waals surface area contributed by atoms with E-state index in [1.54, 1.807) is 18.3 Å². The lowest BCUT2D eigenvalue weighted by Crippen LogP contribution is -1.97. The summed E-state index contributed by atoms with van der Waals surface area (Å²) in [5, 5.41) is 11.3. The molecule has 0 saturated heterocycles. The summed E-state index contributed by atoms with van der Waals surface area (Å²) < 4.78 is 5.45. The number of hydrogen-bond donors (Lipinski definition) is 0. The molecule has 0 radical (unpaired) electrons. The van der Waals surface area contributed by atoms with Gasteiger partial charge < -0.3 is 4.74 Å². The number of rotatable bonds is 4. The molecule has 5 nitrogen and oxygen atoms in total. The van der Waals surface area contributed by atoms with E-state index in [9.17, 15) is 10.1 Å². The summed E-state index contributed by atoms with van der Waals surface area (Å²) >= 11 is 11.7. The summed E-state index contributed by atoms with van der Waals surface area (Å²) in [4.78, 5) is 14.0. The van der Waals surface area contributed by atoms with Gasteiger partial charge in [-0.15, -0.1) is 0 Å². The van der Waals surface area contributed by atoms with Crippen molar-refractivity contribution < 1.29 is 9.66 Å². The summed E-state index contributed by atoms with van der Waals surface area (Å²) in [6.07, 6.45) is 1.55. The van der Waals surface area contributed by atoms with Gasteiger partial charge in [-0.25, -0.2) is 4.98 Å². The fraction of sp³-hybridized carbons (Fsp3) is 0.0833. The average Bonchev–Trinajstić information content (AvgIpc) is 2.37. The quantitative estimate of drug-likeness (QED) is 0.488. The fourth-order valence-electron chi connectivity index (χ4n) is 1.41. The highest BCUT2D eigenvalue weighted by molar-refractivity contribution is 6.32. The predicted molar refractivity (Wildman–Crippen MR) is 71.7 cm³/mol. The van der Waals surface area contributed by atoms with Crippen LogP contribution in [-0.2, 0) is 6.61 Å². The monoisotopic (exact) mass is 298 g/mol. The van der Waals surface area contributed by atoms with Crippen molar-refractivity contribution in [3.63, 3.8) is 0 Å². The highest BCUT2D eigenvalue weighted by Gasteiger charge is 2.10. The van der Waals surface area contributed by atoms with Gasteiger partial charge in [-0.05, 0) is 23.8 Å². The molecule has 0 spiro atoms. The van der Waals surface area contributed by atoms with Gasteiger partial charge in [-0.2, -0.15) is 0 Å². The van der Waals surface area contributed by atoms with Crippen molar-refractivity contribution in [2.45, 2.75) is 6.61 Å². The Morgan fingerprint density at radius 1 is 1.26 bits per heavy atom. The SMILES string of the molecule is O=[N+]([O-])c1ccc(Cl)c(OCc2ccnc(Cl)c2)c1. The number of nitro benzene ring substituents is 1. The van der Waals surface area contributed by atoms with E-state index in [1.807, 2.05) is 0 Å². The van der Waals surface area contributed by atoms with Crippen molar-refractivity contribution in [2.75, 3.05) is 0 Å². The van der Waals surface area contributed by atoms with Crippen LogP contribution in [0.2, 0.25) is 10.2 Å². The molecule has 1 aromatic heterocycles. The first kappa shape index (κ1) is 13.6. The first-order valence-corrected chi connectivity index (χ1v) is 5.99. The molecule has 0 aliphatic carbocycles. The molecule has 1 aromatic carbocycles. The first-order chi connectivity index (χ1) is 9.06. The van der Waals surface area contributed by atoms with Gasteiger partial charge in [0.25, 0.3) is 5.69 Å². The van der Waals surface area contributed by atoms with Gasteiger partial charge >= 0.3 is 0 Å². The Balaban J connectivity index is 2.15. The molecule has 2 aromatic rings. The molecule has 7 heteroatoms. The number of halogens is 2. The zero-order valence-corrected chi connectivity index (χ0v) is 11.1. The average molecular weight is 299 g/mol. The summed E-state index contributed by atoms with van der Waals surface area (Å²) in [7, 11) is 0. The van der Waals surface area contributed by atoms with Gasteiger partial charge in [-0.3, -0.25) is 10.1 Å². The van der Waals surface area contributed by atoms with Gasteiger partial charge in [0.2, 0.25) is 0 Å². The molecule has 0 amide bonds. The maximum absolute atomic E-state index is 10.7. The highest BCUT2D eigenvalue weighted by Crippen LogP contribution is 2.29. The second kappa shape index (κ2) is 5.86. The van der Waals surface area contributed by atoms with Crippen molar-refractivity contribution in [1.29, 1.82) is 0 Å². The first-order valence-electron chi connectivity index (χ1n) is 5.23. The molecule has 19 heavy (non-hydrogen) atoms. The van der Waals surface area contributed by atoms with Crippen molar-refractivity contribution in [3.05, 3.63) is 62.4 Å². The highest BCUT2D eigenvalue weighted by atomic mass is 35.5. The van der Waals surface area contributed by atoms with Crippen LogP contribution < -0.4 is 4.74 Å². The largest absolute Gasteiger partial charge is 0.487 e. The van der Waals surface area contributed by atoms with Crippen LogP contribution in [0.5, 0.6) is 5.75 Å². The number of ether oxygens (including phenoxy) is 1. The molecule has 1 heterocycles. The van der Waals surface area contributed by atoms with Gasteiger partial charge in [0.15, 0.2) is 0 Å². The number of hydrogen-bond acceptors (Lipinski definition) is 4. The van der Waals surface area contributed by atoms with Crippen LogP contribution in [0.4, 0.5) is 5.69 Å². The Hall–Kier alpha value is -1.85. The molecule has 0 N–H and O–H groups in total. The van der Waals surface area contributed by atoms with E-state index >= 15 is 0 Å². The molecule has 0 bridgehead atoms. The number of nitrogens with zero attached hydrogens (tertiary/aromatic N) is 2. The fourth-order valence-corrected chi connectivity index (χ4v) is 1.78. The van der Waals surface area contributed by atoms with Crippen LogP contribution in [0.15, 0.2) is 36.5 Å². The number of nitro groups is 1. The lowest BCUT2D eigenvalue weighted by molar-refractivity contribution is -0.384. The third-order valence-electron chi connectivity index (χ3n) is 2.31. The standard InChI is InChI=1S/C12H8Cl2N2O3/c13-10-2-1-9(16(17)18)6-11(10)19-7-8-3-4-15-12(14)5-8/h1-6H,7H2. The van der Waals surface area contributed by atoms with Crippen LogP contribution in [0.3, 0.4) is 0 Å². The number of pyridine rings is 1. The minimum Gasteiger partial charge on any atom is -0.487 e. The van der Waals surface area contributed by atoms with Crippen molar-refractivity contribution in [2.24, 2.45) is 0 Å². The van der Waals surface area contributed by atoms with Crippen LogP contribution in [0, 0.1) is 10.1 Å². The number of benzene rings is 1. The van der Waals surface area contributed by atoms with E-state index in [2.05, 4.69) is 4.98 Å². The molecule has 0 saturated carbocycles. The van der Waals surface area contributed by atoms with E-state index in [4.69, 9.17) is 27.9 Å². The maximum Gasteiger partial charge on any atom is 0.273 e. The van der Waals surface area contributed by atoms with E-state index in [0.717, 1.165) is 5.56 Å². The van der Waals surface area contributed by atoms with E-state index in [0.29, 0.717) is 10.2 Å². The summed E-state index contributed by atoms with van der Waals surface area (Å²) in [6.45, 7) is 0.198. The predicted octanol–water partition coefficient (Wildman–Crippen LogP) is 3.88. The normalized spacial score (nSPS) is 10.2. The number of non-ortho nitro benzene ring substituents is 1. The zero-order chi connectivity index (χ0) is 13.8. The van der Waals surface area contributed by atoms with Gasteiger partial charge in [0, 0.05) is 12.3 Å². The Labute approximate surface area is 118 Å². The van der Waals surface area contributed by atoms with Gasteiger partial charge in [0.1, 0.15) is 17.5 Å². The molecule has 0 atom stereocenters. The maximum atomic E-state index is 10.7. The molecule has 0 unspecified atom stereocenters. The molecular formula is C12H8Cl2N2O3. The smallest absolute Gasteiger partial charge is 0.273 e. The van der Waals surface area contributed by atoms with Gasteiger partial charge in [-0.1, -0.05) is 23.2 Å². The van der Waals surface area contributed by atoms with Crippen LogP contribution in [0.25, 0.3) is 0 Å². The van der Waals surface area contributed by atoms with Gasteiger partial charge in [0.05, 0.1) is 16.0 Å². The lowest BCUT2D eigenvalue weighted by Gasteiger charge is -2.07. The topological polar surface area (TPSA) is 65.3 Å². The molecule has 0 fully saturated rings. The third-order valence-corrected chi connectivity index (χ3v) is 2.83. The zero-order valence-electron chi connectivity index (χ0n) is 9.55. The second-order valence-corrected chi connectivity index (χ2v) is 4.44. The Morgan fingerprint density at radius 2 is 2.05 bits per heavy atom. The summed E-state index contributed by atoms with van der Waals surface area (Å²) in [6, 6.07) is 7.40. The minimum absolute atomic E-state index is 0.0767. The molecule has 0 aliphatic rings. The molecular weight excluding hydrogens is 291 g/mol. The van der Waals surface area contributed by atoms with Crippen LogP contribution in [0.1, 0.15) is 5.56 Å². The second-order valence-electron chi connectivity index (χ2n) is 3.65. The molecule has 0 aliphatic heterocycles. The van der Waals surface area contributed by atoms with Crippen molar-refractivity contribution in [3.8, 4) is 5.75 Å².